The summed E-state index contributed by atoms with van der Waals surface area (Å²) in [7, 11) is 0. The highest BCUT2D eigenvalue weighted by molar-refractivity contribution is 9.10. The fourth-order valence-electron chi connectivity index (χ4n) is 1.81. The minimum Gasteiger partial charge on any atom is -0.484 e. The van der Waals surface area contributed by atoms with Gasteiger partial charge in [0.15, 0.2) is 11.5 Å². The van der Waals surface area contributed by atoms with E-state index in [0.717, 1.165) is 29.1 Å². The molecule has 0 atom stereocenters. The summed E-state index contributed by atoms with van der Waals surface area (Å²) < 4.78 is 12.7. The van der Waals surface area contributed by atoms with Crippen molar-refractivity contribution in [2.45, 2.75) is 6.10 Å². The van der Waals surface area contributed by atoms with Crippen LogP contribution in [-0.2, 0) is 0 Å². The van der Waals surface area contributed by atoms with Crippen molar-refractivity contribution in [2.24, 2.45) is 0 Å². The highest BCUT2D eigenvalue weighted by Gasteiger charge is 2.20. The molecule has 0 unspecified atom stereocenters. The van der Waals surface area contributed by atoms with Gasteiger partial charge in [-0.1, -0.05) is 27.5 Å². The zero-order valence-corrected chi connectivity index (χ0v) is 12.9. The van der Waals surface area contributed by atoms with Gasteiger partial charge in [0, 0.05) is 22.6 Å². The second-order valence-corrected chi connectivity index (χ2v) is 5.90. The van der Waals surface area contributed by atoms with Crippen LogP contribution in [0.4, 0.5) is 0 Å². The number of rotatable bonds is 4. The average Bonchev–Trinajstić information content (AvgIpc) is 2.39. The predicted octanol–water partition coefficient (Wildman–Crippen LogP) is 4.25. The maximum absolute atomic E-state index is 5.91. The van der Waals surface area contributed by atoms with Crippen LogP contribution in [0.3, 0.4) is 0 Å². The molecule has 0 amide bonds. The monoisotopic (exact) mass is 353 g/mol. The lowest BCUT2D eigenvalue weighted by atomic mass is 10.2. The molecule has 0 aliphatic carbocycles. The molecule has 3 rings (SSSR count). The molecule has 5 heteroatoms. The van der Waals surface area contributed by atoms with Crippen LogP contribution in [0.2, 0.25) is 5.02 Å². The minimum absolute atomic E-state index is 0.205. The van der Waals surface area contributed by atoms with E-state index < -0.39 is 0 Å². The van der Waals surface area contributed by atoms with E-state index in [2.05, 4.69) is 21.2 Å². The lowest BCUT2D eigenvalue weighted by Crippen LogP contribution is -2.50. The lowest BCUT2D eigenvalue weighted by Gasteiger charge is -2.28. The molecule has 1 heterocycles. The van der Waals surface area contributed by atoms with Gasteiger partial charge in [-0.25, -0.2) is 0 Å². The van der Waals surface area contributed by atoms with Crippen molar-refractivity contribution in [3.05, 3.63) is 52.0 Å². The van der Waals surface area contributed by atoms with Crippen LogP contribution in [0.25, 0.3) is 0 Å². The molecule has 1 aliphatic rings. The minimum atomic E-state index is 0.205. The van der Waals surface area contributed by atoms with Gasteiger partial charge in [0.2, 0.25) is 0 Å². The third kappa shape index (κ3) is 3.26. The third-order valence-electron chi connectivity index (χ3n) is 2.98. The average molecular weight is 355 g/mol. The quantitative estimate of drug-likeness (QED) is 0.890. The van der Waals surface area contributed by atoms with Crippen molar-refractivity contribution in [3.8, 4) is 17.2 Å². The van der Waals surface area contributed by atoms with Gasteiger partial charge in [-0.05, 0) is 42.5 Å². The number of hydrogen-bond acceptors (Lipinski definition) is 3. The zero-order chi connectivity index (χ0) is 13.9. The normalized spacial score (nSPS) is 14.7. The van der Waals surface area contributed by atoms with Gasteiger partial charge in [0.25, 0.3) is 0 Å². The number of halogens is 2. The van der Waals surface area contributed by atoms with E-state index >= 15 is 0 Å². The molecule has 1 fully saturated rings. The van der Waals surface area contributed by atoms with E-state index in [9.17, 15) is 0 Å². The Morgan fingerprint density at radius 3 is 2.45 bits per heavy atom. The maximum Gasteiger partial charge on any atom is 0.169 e. The summed E-state index contributed by atoms with van der Waals surface area (Å²) >= 11 is 9.32. The maximum atomic E-state index is 5.91. The van der Waals surface area contributed by atoms with Crippen LogP contribution < -0.4 is 14.8 Å². The SMILES string of the molecule is Clc1ccc(Oc2ccc(Br)cc2OC2CNC2)cc1. The van der Waals surface area contributed by atoms with E-state index in [1.54, 1.807) is 12.1 Å². The Bertz CT molecular complexity index is 599. The molecule has 2 aromatic carbocycles. The first-order chi connectivity index (χ1) is 9.70. The first-order valence-electron chi connectivity index (χ1n) is 6.31. The van der Waals surface area contributed by atoms with Crippen LogP contribution in [0.15, 0.2) is 46.9 Å². The third-order valence-corrected chi connectivity index (χ3v) is 3.73. The molecule has 20 heavy (non-hydrogen) atoms. The highest BCUT2D eigenvalue weighted by atomic mass is 79.9. The Morgan fingerprint density at radius 1 is 1.05 bits per heavy atom. The Labute approximate surface area is 131 Å². The molecule has 3 nitrogen and oxygen atoms in total. The molecule has 0 radical (unpaired) electrons. The van der Waals surface area contributed by atoms with Crippen molar-refractivity contribution >= 4 is 27.5 Å². The van der Waals surface area contributed by atoms with E-state index in [0.29, 0.717) is 10.8 Å². The van der Waals surface area contributed by atoms with Crippen molar-refractivity contribution in [2.75, 3.05) is 13.1 Å². The molecular weight excluding hydrogens is 342 g/mol. The molecular formula is C15H13BrClNO2. The number of nitrogens with one attached hydrogen (secondary N) is 1. The summed E-state index contributed by atoms with van der Waals surface area (Å²) in [5, 5.41) is 3.86. The Morgan fingerprint density at radius 2 is 1.80 bits per heavy atom. The number of benzene rings is 2. The zero-order valence-electron chi connectivity index (χ0n) is 10.6. The topological polar surface area (TPSA) is 30.5 Å². The highest BCUT2D eigenvalue weighted by Crippen LogP contribution is 2.35. The summed E-state index contributed by atoms with van der Waals surface area (Å²) in [6.45, 7) is 1.74. The van der Waals surface area contributed by atoms with Crippen molar-refractivity contribution < 1.29 is 9.47 Å². The van der Waals surface area contributed by atoms with E-state index in [1.807, 2.05) is 30.3 Å². The smallest absolute Gasteiger partial charge is 0.169 e. The van der Waals surface area contributed by atoms with E-state index in [4.69, 9.17) is 21.1 Å². The molecule has 1 N–H and O–H groups in total. The van der Waals surface area contributed by atoms with Gasteiger partial charge < -0.3 is 14.8 Å². The Hall–Kier alpha value is -1.23. The van der Waals surface area contributed by atoms with Gasteiger partial charge in [-0.2, -0.15) is 0 Å². The fraction of sp³-hybridized carbons (Fsp3) is 0.200. The Kier molecular flexibility index (Phi) is 4.15. The summed E-state index contributed by atoms with van der Waals surface area (Å²) in [5.74, 6) is 2.16. The number of hydrogen-bond donors (Lipinski definition) is 1. The van der Waals surface area contributed by atoms with Crippen LogP contribution in [0.1, 0.15) is 0 Å². The lowest BCUT2D eigenvalue weighted by molar-refractivity contribution is 0.138. The summed E-state index contributed by atoms with van der Waals surface area (Å²) in [6.07, 6.45) is 0.205. The summed E-state index contributed by atoms with van der Waals surface area (Å²) in [4.78, 5) is 0. The second-order valence-electron chi connectivity index (χ2n) is 4.55. The Balaban J connectivity index is 1.81. The molecule has 0 saturated carbocycles. The van der Waals surface area contributed by atoms with Crippen molar-refractivity contribution in [1.29, 1.82) is 0 Å². The van der Waals surface area contributed by atoms with Gasteiger partial charge in [0.05, 0.1) is 0 Å². The first-order valence-corrected chi connectivity index (χ1v) is 7.48. The van der Waals surface area contributed by atoms with Crippen LogP contribution >= 0.6 is 27.5 Å². The standard InChI is InChI=1S/C15H13BrClNO2/c16-10-1-6-14(15(7-10)20-13-8-18-9-13)19-12-4-2-11(17)3-5-12/h1-7,13,18H,8-9H2. The van der Waals surface area contributed by atoms with Crippen LogP contribution in [0.5, 0.6) is 17.2 Å². The largest absolute Gasteiger partial charge is 0.484 e. The van der Waals surface area contributed by atoms with Gasteiger partial charge in [-0.3, -0.25) is 0 Å². The van der Waals surface area contributed by atoms with Crippen molar-refractivity contribution in [3.63, 3.8) is 0 Å². The molecule has 1 saturated heterocycles. The molecule has 1 aliphatic heterocycles. The first kappa shape index (κ1) is 13.7. The summed E-state index contributed by atoms with van der Waals surface area (Å²) in [6, 6.07) is 13.0. The molecule has 2 aromatic rings. The molecule has 0 aromatic heterocycles. The van der Waals surface area contributed by atoms with Crippen molar-refractivity contribution in [1.82, 2.24) is 5.32 Å². The van der Waals surface area contributed by atoms with Crippen LogP contribution in [0, 0.1) is 0 Å². The van der Waals surface area contributed by atoms with Crippen LogP contribution in [-0.4, -0.2) is 19.2 Å². The second kappa shape index (κ2) is 6.04. The van der Waals surface area contributed by atoms with E-state index in [1.165, 1.54) is 0 Å². The van der Waals surface area contributed by atoms with E-state index in [-0.39, 0.29) is 6.10 Å². The van der Waals surface area contributed by atoms with Gasteiger partial charge >= 0.3 is 0 Å². The number of ether oxygens (including phenoxy) is 2. The fourth-order valence-corrected chi connectivity index (χ4v) is 2.28. The molecule has 0 bridgehead atoms. The van der Waals surface area contributed by atoms with Gasteiger partial charge in [-0.15, -0.1) is 0 Å². The summed E-state index contributed by atoms with van der Waals surface area (Å²) in [5.41, 5.74) is 0. The molecule has 0 spiro atoms. The predicted molar refractivity (Wildman–Crippen MR) is 83.0 cm³/mol. The molecule has 104 valence electrons. The van der Waals surface area contributed by atoms with Gasteiger partial charge in [0.1, 0.15) is 11.9 Å².